The lowest BCUT2D eigenvalue weighted by Gasteiger charge is -2.26. The van der Waals surface area contributed by atoms with E-state index in [0.717, 1.165) is 38.5 Å². The van der Waals surface area contributed by atoms with E-state index in [1.807, 2.05) is 21.1 Å². The minimum atomic E-state index is -1.62. The van der Waals surface area contributed by atoms with Crippen molar-refractivity contribution in [3.05, 3.63) is 0 Å². The standard InChI is InChI=1S/C75H147NO8/c1-6-8-10-12-14-16-18-20-22-24-26-28-30-31-32-33-34-35-36-37-38-39-40-41-42-43-44-46-48-50-52-54-56-58-60-62-64-66-73(78)84-71(70-83-75(74(79)80)81-68-67-76(3,4)5)69-82-72(77)65-63-61-59-57-55-53-51-49-47-45-29-27-25-23-21-19-17-15-13-11-9-7-2/h71,75H,6-70H2,1-5H3. The van der Waals surface area contributed by atoms with Crippen LogP contribution in [0.3, 0.4) is 0 Å². The molecule has 0 aliphatic rings. The van der Waals surface area contributed by atoms with Crippen molar-refractivity contribution in [2.24, 2.45) is 0 Å². The van der Waals surface area contributed by atoms with Crippen LogP contribution in [0.25, 0.3) is 0 Å². The molecule has 0 aromatic rings. The molecule has 0 saturated carbocycles. The quantitative estimate of drug-likeness (QED) is 0.0256. The minimum absolute atomic E-state index is 0.154. The second kappa shape index (κ2) is 67.2. The number of carbonyl (C=O) groups excluding carboxylic acids is 3. The maximum atomic E-state index is 12.9. The highest BCUT2D eigenvalue weighted by atomic mass is 16.7. The summed E-state index contributed by atoms with van der Waals surface area (Å²) in [7, 11) is 5.95. The summed E-state index contributed by atoms with van der Waals surface area (Å²) >= 11 is 0. The Labute approximate surface area is 523 Å². The smallest absolute Gasteiger partial charge is 0.306 e. The first kappa shape index (κ1) is 82.3. The molecule has 500 valence electrons. The lowest BCUT2D eigenvalue weighted by molar-refractivity contribution is -0.870. The molecule has 0 spiro atoms. The Morgan fingerprint density at radius 3 is 0.762 bits per heavy atom. The van der Waals surface area contributed by atoms with E-state index in [0.29, 0.717) is 17.4 Å². The van der Waals surface area contributed by atoms with Crippen molar-refractivity contribution in [2.75, 3.05) is 47.5 Å². The van der Waals surface area contributed by atoms with E-state index in [9.17, 15) is 19.5 Å². The van der Waals surface area contributed by atoms with E-state index in [4.69, 9.17) is 18.9 Å². The van der Waals surface area contributed by atoms with Crippen LogP contribution in [0.15, 0.2) is 0 Å². The second-order valence-corrected chi connectivity index (χ2v) is 27.3. The van der Waals surface area contributed by atoms with Gasteiger partial charge >= 0.3 is 11.9 Å². The minimum Gasteiger partial charge on any atom is -0.545 e. The van der Waals surface area contributed by atoms with Gasteiger partial charge in [0.2, 0.25) is 0 Å². The number of ether oxygens (including phenoxy) is 4. The van der Waals surface area contributed by atoms with Crippen LogP contribution in [0.1, 0.15) is 406 Å². The second-order valence-electron chi connectivity index (χ2n) is 27.3. The molecule has 2 atom stereocenters. The van der Waals surface area contributed by atoms with Crippen molar-refractivity contribution in [1.82, 2.24) is 0 Å². The van der Waals surface area contributed by atoms with Crippen LogP contribution in [-0.4, -0.2) is 82.3 Å². The molecule has 0 radical (unpaired) electrons. The zero-order valence-electron chi connectivity index (χ0n) is 57.3. The van der Waals surface area contributed by atoms with Gasteiger partial charge in [-0.15, -0.1) is 0 Å². The highest BCUT2D eigenvalue weighted by Gasteiger charge is 2.22. The Bertz CT molecular complexity index is 1340. The molecule has 0 bridgehead atoms. The number of nitrogens with zero attached hydrogens (tertiary/aromatic N) is 1. The molecule has 0 amide bonds. The van der Waals surface area contributed by atoms with Gasteiger partial charge in [-0.1, -0.05) is 380 Å². The molecule has 2 unspecified atom stereocenters. The Balaban J connectivity index is 3.94. The van der Waals surface area contributed by atoms with Gasteiger partial charge < -0.3 is 33.3 Å². The van der Waals surface area contributed by atoms with E-state index in [1.165, 1.54) is 340 Å². The Morgan fingerprint density at radius 1 is 0.310 bits per heavy atom. The number of likely N-dealkylation sites (N-methyl/N-ethyl adjacent to an activating group) is 1. The summed E-state index contributed by atoms with van der Waals surface area (Å²) in [6.45, 7) is 4.85. The number of carboxylic acids is 1. The van der Waals surface area contributed by atoms with Crippen LogP contribution in [0.4, 0.5) is 0 Å². The van der Waals surface area contributed by atoms with Gasteiger partial charge in [0, 0.05) is 12.8 Å². The third-order valence-electron chi connectivity index (χ3n) is 17.6. The van der Waals surface area contributed by atoms with Crippen LogP contribution in [0.5, 0.6) is 0 Å². The van der Waals surface area contributed by atoms with Crippen molar-refractivity contribution in [3.63, 3.8) is 0 Å². The topological polar surface area (TPSA) is 111 Å². The molecule has 9 heteroatoms. The first-order valence-corrected chi connectivity index (χ1v) is 37.7. The molecular weight excluding hydrogens is 1040 g/mol. The molecule has 0 saturated heterocycles. The highest BCUT2D eigenvalue weighted by Crippen LogP contribution is 2.20. The third-order valence-corrected chi connectivity index (χ3v) is 17.6. The first-order valence-electron chi connectivity index (χ1n) is 37.7. The van der Waals surface area contributed by atoms with Crippen LogP contribution in [0.2, 0.25) is 0 Å². The van der Waals surface area contributed by atoms with Gasteiger partial charge in [-0.25, -0.2) is 0 Å². The van der Waals surface area contributed by atoms with Gasteiger partial charge in [0.25, 0.3) is 0 Å². The fourth-order valence-electron chi connectivity index (χ4n) is 11.8. The van der Waals surface area contributed by atoms with E-state index in [-0.39, 0.29) is 32.2 Å². The van der Waals surface area contributed by atoms with Crippen LogP contribution in [0, 0.1) is 0 Å². The lowest BCUT2D eigenvalue weighted by Crippen LogP contribution is -2.44. The number of rotatable bonds is 72. The van der Waals surface area contributed by atoms with Crippen LogP contribution < -0.4 is 5.11 Å². The van der Waals surface area contributed by atoms with Gasteiger partial charge in [0.1, 0.15) is 13.2 Å². The summed E-state index contributed by atoms with van der Waals surface area (Å²) in [5.74, 6) is -2.24. The van der Waals surface area contributed by atoms with Crippen molar-refractivity contribution in [2.45, 2.75) is 418 Å². The number of carbonyl (C=O) groups is 3. The Morgan fingerprint density at radius 2 is 0.536 bits per heavy atom. The molecule has 0 aliphatic carbocycles. The van der Waals surface area contributed by atoms with Crippen molar-refractivity contribution >= 4 is 17.9 Å². The summed E-state index contributed by atoms with van der Waals surface area (Å²) < 4.78 is 22.8. The predicted octanol–water partition coefficient (Wildman–Crippen LogP) is 22.1. The van der Waals surface area contributed by atoms with Crippen molar-refractivity contribution in [3.8, 4) is 0 Å². The molecule has 0 aromatic heterocycles. The number of quaternary nitrogens is 1. The summed E-state index contributed by atoms with van der Waals surface area (Å²) in [6, 6.07) is 0. The molecule has 0 rings (SSSR count). The fraction of sp³-hybridized carbons (Fsp3) is 0.960. The lowest BCUT2D eigenvalue weighted by atomic mass is 10.0. The van der Waals surface area contributed by atoms with E-state index in [2.05, 4.69) is 13.8 Å². The summed E-state index contributed by atoms with van der Waals surface area (Å²) in [5, 5.41) is 11.8. The molecule has 0 heterocycles. The first-order chi connectivity index (χ1) is 41.1. The number of hydrogen-bond donors (Lipinski definition) is 0. The Hall–Kier alpha value is -1.71. The average Bonchev–Trinajstić information content (AvgIpc) is 3.55. The van der Waals surface area contributed by atoms with E-state index < -0.39 is 24.3 Å². The molecule has 84 heavy (non-hydrogen) atoms. The number of aliphatic carboxylic acids is 1. The third kappa shape index (κ3) is 67.8. The monoisotopic (exact) mass is 1190 g/mol. The normalized spacial score (nSPS) is 12.5. The molecule has 0 fully saturated rings. The van der Waals surface area contributed by atoms with Gasteiger partial charge in [-0.3, -0.25) is 9.59 Å². The van der Waals surface area contributed by atoms with E-state index >= 15 is 0 Å². The van der Waals surface area contributed by atoms with Crippen molar-refractivity contribution < 1.29 is 42.9 Å². The predicted molar refractivity (Wildman–Crippen MR) is 357 cm³/mol. The molecule has 0 aliphatic heterocycles. The van der Waals surface area contributed by atoms with Gasteiger partial charge in [0.05, 0.1) is 40.3 Å². The number of carboxylic acid groups (broad SMARTS) is 1. The number of esters is 2. The molecule has 0 N–H and O–H groups in total. The fourth-order valence-corrected chi connectivity index (χ4v) is 11.8. The average molecular weight is 1190 g/mol. The van der Waals surface area contributed by atoms with E-state index in [1.54, 1.807) is 0 Å². The maximum Gasteiger partial charge on any atom is 0.306 e. The SMILES string of the molecule is CCCCCCCCCCCCCCCCCCCCCCCCCCCCCCCCCCCCCCCC(=O)OC(COC(=O)CCCCCCCCCCCCCCCCCCCCCCCC)COC(OCC[N+](C)(C)C)C(=O)[O-]. The van der Waals surface area contributed by atoms with Gasteiger partial charge in [0.15, 0.2) is 12.4 Å². The summed E-state index contributed by atoms with van der Waals surface area (Å²) in [4.78, 5) is 37.5. The molecule has 0 aromatic carbocycles. The zero-order valence-corrected chi connectivity index (χ0v) is 57.3. The molecular formula is C75H147NO8. The van der Waals surface area contributed by atoms with Crippen molar-refractivity contribution in [1.29, 1.82) is 0 Å². The summed E-state index contributed by atoms with van der Waals surface area (Å²) in [5.41, 5.74) is 0. The Kier molecular flexibility index (Phi) is 65.9. The summed E-state index contributed by atoms with van der Waals surface area (Å²) in [6.07, 6.45) is 77.9. The number of hydrogen-bond acceptors (Lipinski definition) is 8. The van der Waals surface area contributed by atoms with Crippen LogP contribution in [-0.2, 0) is 33.3 Å². The maximum absolute atomic E-state index is 12.9. The molecule has 9 nitrogen and oxygen atoms in total. The zero-order chi connectivity index (χ0) is 61.2. The highest BCUT2D eigenvalue weighted by molar-refractivity contribution is 5.70. The largest absolute Gasteiger partial charge is 0.545 e. The van der Waals surface area contributed by atoms with Gasteiger partial charge in [-0.05, 0) is 12.8 Å². The van der Waals surface area contributed by atoms with Gasteiger partial charge in [-0.2, -0.15) is 0 Å². The van der Waals surface area contributed by atoms with Crippen LogP contribution >= 0.6 is 0 Å². The number of unbranched alkanes of at least 4 members (excludes halogenated alkanes) is 57.